The summed E-state index contributed by atoms with van der Waals surface area (Å²) in [5, 5.41) is 0. The lowest BCUT2D eigenvalue weighted by molar-refractivity contribution is 0.112. The molecule has 1 aliphatic heterocycles. The molecule has 0 saturated carbocycles. The first kappa shape index (κ1) is 7.03. The molecule has 1 saturated heterocycles. The van der Waals surface area contributed by atoms with Gasteiger partial charge in [-0.15, -0.1) is 0 Å². The molecule has 0 aromatic rings. The highest BCUT2D eigenvalue weighted by Crippen LogP contribution is 2.13. The van der Waals surface area contributed by atoms with E-state index in [1.165, 1.54) is 19.6 Å². The average Bonchev–Trinajstić information content (AvgIpc) is 1.78. The molecule has 1 rings (SSSR count). The quantitative estimate of drug-likeness (QED) is 0.592. The van der Waals surface area contributed by atoms with Gasteiger partial charge in [0.1, 0.15) is 0 Å². The highest BCUT2D eigenvalue weighted by molar-refractivity contribution is 4.75. The molecule has 0 spiro atoms. The second-order valence-corrected chi connectivity index (χ2v) is 3.01. The van der Waals surface area contributed by atoms with Gasteiger partial charge in [0.05, 0.1) is 0 Å². The Morgan fingerprint density at radius 3 is 2.67 bits per heavy atom. The van der Waals surface area contributed by atoms with Gasteiger partial charge in [-0.3, -0.25) is 0 Å². The van der Waals surface area contributed by atoms with Crippen LogP contribution < -0.4 is 5.73 Å². The van der Waals surface area contributed by atoms with Crippen molar-refractivity contribution in [1.82, 2.24) is 4.90 Å². The third-order valence-electron chi connectivity index (χ3n) is 1.82. The van der Waals surface area contributed by atoms with Gasteiger partial charge >= 0.3 is 0 Å². The lowest BCUT2D eigenvalue weighted by Crippen LogP contribution is -2.45. The Balaban J connectivity index is 1.91. The number of nitrogens with zero attached hydrogens (tertiary/aromatic N) is 1. The van der Waals surface area contributed by atoms with E-state index >= 15 is 0 Å². The number of nitrogens with two attached hydrogens (primary N) is 1. The molecule has 0 atom stereocenters. The lowest BCUT2D eigenvalue weighted by atomic mass is 10.0. The minimum absolute atomic E-state index is 0.838. The summed E-state index contributed by atoms with van der Waals surface area (Å²) in [6, 6.07) is 0. The van der Waals surface area contributed by atoms with Crippen molar-refractivity contribution in [3.63, 3.8) is 0 Å². The van der Waals surface area contributed by atoms with Crippen LogP contribution in [0.1, 0.15) is 13.3 Å². The summed E-state index contributed by atoms with van der Waals surface area (Å²) in [4.78, 5) is 2.46. The van der Waals surface area contributed by atoms with Crippen molar-refractivity contribution >= 4 is 0 Å². The van der Waals surface area contributed by atoms with Crippen LogP contribution in [0.25, 0.3) is 0 Å². The van der Waals surface area contributed by atoms with E-state index in [-0.39, 0.29) is 0 Å². The van der Waals surface area contributed by atoms with Crippen LogP contribution >= 0.6 is 0 Å². The van der Waals surface area contributed by atoms with Crippen LogP contribution in [0.15, 0.2) is 0 Å². The Morgan fingerprint density at radius 2 is 2.22 bits per heavy atom. The molecule has 0 aliphatic carbocycles. The van der Waals surface area contributed by atoms with Gasteiger partial charge in [0.2, 0.25) is 0 Å². The minimum Gasteiger partial charge on any atom is -0.330 e. The predicted octanol–water partition coefficient (Wildman–Crippen LogP) is 0.287. The van der Waals surface area contributed by atoms with Gasteiger partial charge in [-0.25, -0.2) is 0 Å². The van der Waals surface area contributed by atoms with Crippen molar-refractivity contribution in [2.45, 2.75) is 13.3 Å². The van der Waals surface area contributed by atoms with E-state index in [0.717, 1.165) is 18.9 Å². The number of hydrogen-bond acceptors (Lipinski definition) is 2. The normalized spacial score (nSPS) is 22.0. The molecule has 1 fully saturated rings. The van der Waals surface area contributed by atoms with Crippen LogP contribution in [0.3, 0.4) is 0 Å². The highest BCUT2D eigenvalue weighted by atomic mass is 15.2. The fraction of sp³-hybridized carbons (Fsp3) is 1.00. The van der Waals surface area contributed by atoms with Crippen LogP contribution in [-0.4, -0.2) is 31.1 Å². The van der Waals surface area contributed by atoms with E-state index in [0.29, 0.717) is 0 Å². The first-order chi connectivity index (χ1) is 4.33. The van der Waals surface area contributed by atoms with E-state index in [9.17, 15) is 0 Å². The maximum Gasteiger partial charge on any atom is 0.00194 e. The summed E-state index contributed by atoms with van der Waals surface area (Å²) in [6.07, 6.45) is 1.16. The molecule has 0 aromatic heterocycles. The van der Waals surface area contributed by atoms with Crippen molar-refractivity contribution in [2.75, 3.05) is 26.2 Å². The van der Waals surface area contributed by atoms with Crippen molar-refractivity contribution in [3.8, 4) is 0 Å². The molecule has 0 amide bonds. The fourth-order valence-electron chi connectivity index (χ4n) is 1.33. The Hall–Kier alpha value is -0.0800. The van der Waals surface area contributed by atoms with Crippen molar-refractivity contribution in [3.05, 3.63) is 0 Å². The average molecular weight is 128 g/mol. The van der Waals surface area contributed by atoms with Gasteiger partial charge in [-0.05, 0) is 25.4 Å². The minimum atomic E-state index is 0.838. The first-order valence-corrected chi connectivity index (χ1v) is 3.75. The van der Waals surface area contributed by atoms with Crippen LogP contribution in [-0.2, 0) is 0 Å². The summed E-state index contributed by atoms with van der Waals surface area (Å²) in [5.41, 5.74) is 5.36. The summed E-state index contributed by atoms with van der Waals surface area (Å²) >= 11 is 0. The molecule has 0 unspecified atom stereocenters. The number of hydrogen-bond donors (Lipinski definition) is 1. The highest BCUT2D eigenvalue weighted by Gasteiger charge is 2.20. The van der Waals surface area contributed by atoms with Gasteiger partial charge in [0.25, 0.3) is 0 Å². The Labute approximate surface area is 57.0 Å². The van der Waals surface area contributed by atoms with E-state index in [1.807, 2.05) is 0 Å². The van der Waals surface area contributed by atoms with Gasteiger partial charge < -0.3 is 10.6 Å². The zero-order chi connectivity index (χ0) is 6.69. The second-order valence-electron chi connectivity index (χ2n) is 3.01. The van der Waals surface area contributed by atoms with Crippen LogP contribution in [0, 0.1) is 5.92 Å². The molecule has 0 bridgehead atoms. The number of rotatable bonds is 3. The SMILES string of the molecule is CC1CN(CCCN)C1. The maximum atomic E-state index is 5.36. The van der Waals surface area contributed by atoms with E-state index < -0.39 is 0 Å². The summed E-state index contributed by atoms with van der Waals surface area (Å²) < 4.78 is 0. The zero-order valence-corrected chi connectivity index (χ0v) is 6.14. The molecule has 1 aliphatic rings. The zero-order valence-electron chi connectivity index (χ0n) is 6.14. The molecule has 0 aromatic carbocycles. The van der Waals surface area contributed by atoms with Gasteiger partial charge in [0.15, 0.2) is 0 Å². The summed E-state index contributed by atoms with van der Waals surface area (Å²) in [5.74, 6) is 0.933. The summed E-state index contributed by atoms with van der Waals surface area (Å²) in [7, 11) is 0. The predicted molar refractivity (Wildman–Crippen MR) is 39.3 cm³/mol. The van der Waals surface area contributed by atoms with Crippen molar-refractivity contribution in [1.29, 1.82) is 0 Å². The van der Waals surface area contributed by atoms with Crippen LogP contribution in [0.5, 0.6) is 0 Å². The number of likely N-dealkylation sites (tertiary alicyclic amines) is 1. The maximum absolute atomic E-state index is 5.36. The molecular formula is C7H16N2. The Morgan fingerprint density at radius 1 is 1.56 bits per heavy atom. The third-order valence-corrected chi connectivity index (χ3v) is 1.82. The standard InChI is InChI=1S/C7H16N2/c1-7-5-9(6-7)4-2-3-8/h7H,2-6,8H2,1H3. The van der Waals surface area contributed by atoms with E-state index in [1.54, 1.807) is 0 Å². The van der Waals surface area contributed by atoms with Gasteiger partial charge in [-0.1, -0.05) is 6.92 Å². The second kappa shape index (κ2) is 3.18. The molecule has 2 nitrogen and oxygen atoms in total. The van der Waals surface area contributed by atoms with Gasteiger partial charge in [0, 0.05) is 13.1 Å². The van der Waals surface area contributed by atoms with Gasteiger partial charge in [-0.2, -0.15) is 0 Å². The first-order valence-electron chi connectivity index (χ1n) is 3.75. The Bertz CT molecular complexity index is 77.0. The van der Waals surface area contributed by atoms with E-state index in [4.69, 9.17) is 5.73 Å². The smallest absolute Gasteiger partial charge is 0.00194 e. The largest absolute Gasteiger partial charge is 0.330 e. The topological polar surface area (TPSA) is 29.3 Å². The molecule has 54 valence electrons. The van der Waals surface area contributed by atoms with Crippen molar-refractivity contribution < 1.29 is 0 Å². The fourth-order valence-corrected chi connectivity index (χ4v) is 1.33. The molecule has 9 heavy (non-hydrogen) atoms. The molecular weight excluding hydrogens is 112 g/mol. The molecule has 2 N–H and O–H groups in total. The Kier molecular flexibility index (Phi) is 2.49. The molecule has 1 heterocycles. The molecule has 0 radical (unpaired) electrons. The van der Waals surface area contributed by atoms with Crippen molar-refractivity contribution in [2.24, 2.45) is 11.7 Å². The molecule has 2 heteroatoms. The lowest BCUT2D eigenvalue weighted by Gasteiger charge is -2.36. The third kappa shape index (κ3) is 1.95. The monoisotopic (exact) mass is 128 g/mol. The van der Waals surface area contributed by atoms with E-state index in [2.05, 4.69) is 11.8 Å². The van der Waals surface area contributed by atoms with Crippen LogP contribution in [0.4, 0.5) is 0 Å². The summed E-state index contributed by atoms with van der Waals surface area (Å²) in [6.45, 7) is 6.92. The van der Waals surface area contributed by atoms with Crippen LogP contribution in [0.2, 0.25) is 0 Å².